The molecule has 3 aliphatic rings. The largest absolute Gasteiger partial charge is 0.377 e. The molecular formula is C30H34N8O2. The van der Waals surface area contributed by atoms with E-state index in [2.05, 4.69) is 41.1 Å². The summed E-state index contributed by atoms with van der Waals surface area (Å²) in [6, 6.07) is 14.7. The SMILES string of the molecule is N[C@@H]1CCCN(Cc2ccnc(C(=O)Nc3ccc(-c4cc5c(N6C7CCC6COC7)ncnc5[nH]4)cc3)c2)C1. The number of nitrogens with zero attached hydrogens (tertiary/aromatic N) is 5. The first-order valence-corrected chi connectivity index (χ1v) is 14.2. The van der Waals surface area contributed by atoms with Crippen molar-refractivity contribution in [2.75, 3.05) is 36.5 Å². The van der Waals surface area contributed by atoms with Gasteiger partial charge in [-0.25, -0.2) is 9.97 Å². The van der Waals surface area contributed by atoms with E-state index in [-0.39, 0.29) is 11.9 Å². The van der Waals surface area contributed by atoms with Crippen LogP contribution in [0, 0.1) is 0 Å². The predicted molar refractivity (Wildman–Crippen MR) is 154 cm³/mol. The Balaban J connectivity index is 1.05. The molecule has 0 saturated carbocycles. The number of morpholine rings is 1. The summed E-state index contributed by atoms with van der Waals surface area (Å²) in [5, 5.41) is 4.00. The fourth-order valence-corrected chi connectivity index (χ4v) is 6.38. The maximum absolute atomic E-state index is 13.0. The fourth-order valence-electron chi connectivity index (χ4n) is 6.38. The predicted octanol–water partition coefficient (Wildman–Crippen LogP) is 3.56. The minimum absolute atomic E-state index is 0.223. The van der Waals surface area contributed by atoms with Gasteiger partial charge in [-0.2, -0.15) is 0 Å². The Kier molecular flexibility index (Phi) is 6.66. The van der Waals surface area contributed by atoms with Crippen LogP contribution in [0.25, 0.3) is 22.3 Å². The van der Waals surface area contributed by atoms with Crippen molar-refractivity contribution in [3.05, 3.63) is 66.2 Å². The van der Waals surface area contributed by atoms with Crippen LogP contribution in [0.1, 0.15) is 41.7 Å². The van der Waals surface area contributed by atoms with Gasteiger partial charge in [-0.05, 0) is 73.7 Å². The topological polar surface area (TPSA) is 125 Å². The smallest absolute Gasteiger partial charge is 0.274 e. The Morgan fingerprint density at radius 1 is 1.05 bits per heavy atom. The van der Waals surface area contributed by atoms with Gasteiger partial charge in [0, 0.05) is 36.7 Å². The lowest BCUT2D eigenvalue weighted by Gasteiger charge is -2.35. The molecule has 6 heterocycles. The molecule has 2 unspecified atom stereocenters. The van der Waals surface area contributed by atoms with E-state index in [1.54, 1.807) is 12.5 Å². The van der Waals surface area contributed by atoms with Crippen molar-refractivity contribution < 1.29 is 9.53 Å². The van der Waals surface area contributed by atoms with Crippen LogP contribution in [0.2, 0.25) is 0 Å². The molecule has 10 heteroatoms. The van der Waals surface area contributed by atoms with Crippen LogP contribution in [0.15, 0.2) is 55.0 Å². The van der Waals surface area contributed by atoms with E-state index in [1.807, 2.05) is 36.4 Å². The molecule has 4 N–H and O–H groups in total. The highest BCUT2D eigenvalue weighted by molar-refractivity contribution is 6.03. The maximum atomic E-state index is 13.0. The van der Waals surface area contributed by atoms with Crippen LogP contribution in [-0.4, -0.2) is 75.2 Å². The zero-order valence-corrected chi connectivity index (χ0v) is 22.4. The number of nitrogens with two attached hydrogens (primary N) is 1. The van der Waals surface area contributed by atoms with Crippen LogP contribution in [0.4, 0.5) is 11.5 Å². The Hall–Kier alpha value is -3.86. The zero-order valence-electron chi connectivity index (χ0n) is 22.4. The number of H-pyrrole nitrogens is 1. The third-order valence-corrected chi connectivity index (χ3v) is 8.35. The molecule has 0 aliphatic carbocycles. The quantitative estimate of drug-likeness (QED) is 0.340. The van der Waals surface area contributed by atoms with Crippen molar-refractivity contribution in [3.63, 3.8) is 0 Å². The van der Waals surface area contributed by atoms with Gasteiger partial charge in [-0.1, -0.05) is 12.1 Å². The minimum Gasteiger partial charge on any atom is -0.377 e. The number of aromatic amines is 1. The van der Waals surface area contributed by atoms with Crippen molar-refractivity contribution in [1.29, 1.82) is 0 Å². The van der Waals surface area contributed by atoms with Gasteiger partial charge in [-0.3, -0.25) is 14.7 Å². The molecule has 206 valence electrons. The van der Waals surface area contributed by atoms with Gasteiger partial charge in [0.25, 0.3) is 5.91 Å². The Bertz CT molecular complexity index is 1500. The number of piperidine rings is 1. The van der Waals surface area contributed by atoms with E-state index in [0.717, 1.165) is 92.2 Å². The van der Waals surface area contributed by atoms with Crippen molar-refractivity contribution in [3.8, 4) is 11.3 Å². The van der Waals surface area contributed by atoms with Crippen molar-refractivity contribution >= 4 is 28.4 Å². The number of hydrogen-bond acceptors (Lipinski definition) is 8. The van der Waals surface area contributed by atoms with Crippen LogP contribution >= 0.6 is 0 Å². The van der Waals surface area contributed by atoms with Crippen LogP contribution in [0.5, 0.6) is 0 Å². The monoisotopic (exact) mass is 538 g/mol. The van der Waals surface area contributed by atoms with Gasteiger partial charge < -0.3 is 25.7 Å². The van der Waals surface area contributed by atoms with Crippen molar-refractivity contribution in [2.45, 2.75) is 50.4 Å². The first-order chi connectivity index (χ1) is 19.6. The number of amides is 1. The molecule has 40 heavy (non-hydrogen) atoms. The van der Waals surface area contributed by atoms with Gasteiger partial charge in [-0.15, -0.1) is 0 Å². The molecule has 3 fully saturated rings. The van der Waals surface area contributed by atoms with Crippen LogP contribution in [-0.2, 0) is 11.3 Å². The van der Waals surface area contributed by atoms with Crippen LogP contribution < -0.4 is 16.0 Å². The highest BCUT2D eigenvalue weighted by atomic mass is 16.5. The molecule has 3 aromatic heterocycles. The van der Waals surface area contributed by atoms with Gasteiger partial charge in [0.2, 0.25) is 0 Å². The summed E-state index contributed by atoms with van der Waals surface area (Å²) in [4.78, 5) is 34.7. The molecule has 2 bridgehead atoms. The van der Waals surface area contributed by atoms with E-state index >= 15 is 0 Å². The average Bonchev–Trinajstić information content (AvgIpc) is 3.51. The second kappa shape index (κ2) is 10.6. The third kappa shape index (κ3) is 4.94. The summed E-state index contributed by atoms with van der Waals surface area (Å²) in [5.74, 6) is 0.751. The van der Waals surface area contributed by atoms with E-state index < -0.39 is 0 Å². The second-order valence-electron chi connectivity index (χ2n) is 11.2. The number of nitrogens with one attached hydrogen (secondary N) is 2. The number of anilines is 2. The van der Waals surface area contributed by atoms with E-state index in [0.29, 0.717) is 23.5 Å². The Labute approximate surface area is 233 Å². The Morgan fingerprint density at radius 3 is 2.67 bits per heavy atom. The molecule has 0 radical (unpaired) electrons. The standard InChI is InChI=1S/C30H34N8O2/c31-21-2-1-11-37(15-21)14-19-9-10-32-27(12-19)30(39)35-22-5-3-20(4-6-22)26-13-25-28(36-26)33-18-34-29(25)38-23-7-8-24(38)17-40-16-23/h3-6,9-10,12-13,18,21,23-24H,1-2,7-8,11,14-17,31H2,(H,35,39)(H,33,34,36)/t21-,23?,24?/m1/s1. The highest BCUT2D eigenvalue weighted by Gasteiger charge is 2.39. The molecule has 3 atom stereocenters. The molecule has 1 amide bonds. The lowest BCUT2D eigenvalue weighted by Crippen LogP contribution is -2.46. The number of likely N-dealkylation sites (tertiary alicyclic amines) is 1. The summed E-state index contributed by atoms with van der Waals surface area (Å²) in [6.45, 7) is 4.19. The summed E-state index contributed by atoms with van der Waals surface area (Å²) >= 11 is 0. The van der Waals surface area contributed by atoms with E-state index in [1.165, 1.54) is 0 Å². The molecule has 7 rings (SSSR count). The number of rotatable bonds is 6. The third-order valence-electron chi connectivity index (χ3n) is 8.35. The molecule has 0 spiro atoms. The summed E-state index contributed by atoms with van der Waals surface area (Å²) in [6.07, 6.45) is 7.78. The molecule has 10 nitrogen and oxygen atoms in total. The molecular weight excluding hydrogens is 504 g/mol. The number of carbonyl (C=O) groups excluding carboxylic acids is 1. The second-order valence-corrected chi connectivity index (χ2v) is 11.2. The van der Waals surface area contributed by atoms with Gasteiger partial charge >= 0.3 is 0 Å². The van der Waals surface area contributed by atoms with E-state index in [9.17, 15) is 4.79 Å². The van der Waals surface area contributed by atoms with Gasteiger partial charge in [0.1, 0.15) is 23.5 Å². The number of carbonyl (C=O) groups is 1. The minimum atomic E-state index is -0.226. The van der Waals surface area contributed by atoms with Crippen molar-refractivity contribution in [2.24, 2.45) is 5.73 Å². The molecule has 3 saturated heterocycles. The van der Waals surface area contributed by atoms with Gasteiger partial charge in [0.15, 0.2) is 0 Å². The number of aromatic nitrogens is 4. The number of pyridine rings is 1. The van der Waals surface area contributed by atoms with Crippen LogP contribution in [0.3, 0.4) is 0 Å². The normalized spacial score (nSPS) is 23.0. The average molecular weight is 539 g/mol. The zero-order chi connectivity index (χ0) is 27.1. The summed E-state index contributed by atoms with van der Waals surface area (Å²) in [7, 11) is 0. The van der Waals surface area contributed by atoms with Gasteiger partial charge in [0.05, 0.1) is 30.7 Å². The molecule has 3 aliphatic heterocycles. The van der Waals surface area contributed by atoms with E-state index in [4.69, 9.17) is 10.5 Å². The number of ether oxygens (including phenoxy) is 1. The summed E-state index contributed by atoms with van der Waals surface area (Å²) in [5.41, 5.74) is 11.1. The Morgan fingerprint density at radius 2 is 1.88 bits per heavy atom. The number of hydrogen-bond donors (Lipinski definition) is 3. The lowest BCUT2D eigenvalue weighted by atomic mass is 10.1. The first-order valence-electron chi connectivity index (χ1n) is 14.2. The first kappa shape index (κ1) is 25.1. The maximum Gasteiger partial charge on any atom is 0.274 e. The lowest BCUT2D eigenvalue weighted by molar-refractivity contribution is 0.0904. The molecule has 4 aromatic rings. The highest BCUT2D eigenvalue weighted by Crippen LogP contribution is 2.37. The fraction of sp³-hybridized carbons (Fsp3) is 0.400. The van der Waals surface area contributed by atoms with Crippen molar-refractivity contribution in [1.82, 2.24) is 24.8 Å². The number of fused-ring (bicyclic) bond motifs is 3. The number of benzene rings is 1. The summed E-state index contributed by atoms with van der Waals surface area (Å²) < 4.78 is 5.77. The molecule has 1 aromatic carbocycles.